The van der Waals surface area contributed by atoms with Crippen molar-refractivity contribution >= 4 is 39.2 Å². The summed E-state index contributed by atoms with van der Waals surface area (Å²) >= 11 is 5.88. The minimum atomic E-state index is -3.93. The molecule has 2 aromatic carbocycles. The maximum Gasteiger partial charge on any atom is 0.347 e. The van der Waals surface area contributed by atoms with Crippen LogP contribution in [0.1, 0.15) is 18.1 Å². The number of amides is 1. The number of carbonyl (C=O) groups excluding carboxylic acids is 2. The number of aryl methyl sites for hydroxylation is 2. The van der Waals surface area contributed by atoms with Gasteiger partial charge in [-0.2, -0.15) is 0 Å². The second-order valence-electron chi connectivity index (χ2n) is 6.35. The number of rotatable bonds is 7. The molecule has 0 bridgehead atoms. The Morgan fingerprint density at radius 2 is 1.83 bits per heavy atom. The zero-order valence-electron chi connectivity index (χ0n) is 16.1. The van der Waals surface area contributed by atoms with Gasteiger partial charge < -0.3 is 14.8 Å². The summed E-state index contributed by atoms with van der Waals surface area (Å²) in [6, 6.07) is 9.21. The van der Waals surface area contributed by atoms with Crippen molar-refractivity contribution in [3.63, 3.8) is 0 Å². The lowest BCUT2D eigenvalue weighted by Crippen LogP contribution is -2.30. The molecule has 0 radical (unpaired) electrons. The summed E-state index contributed by atoms with van der Waals surface area (Å²) in [5, 5.41) is 8.13. The van der Waals surface area contributed by atoms with Crippen LogP contribution in [0.25, 0.3) is 0 Å². The number of nitrogens with two attached hydrogens (primary N) is 1. The number of benzene rings is 2. The Labute approximate surface area is 174 Å². The molecule has 0 spiro atoms. The lowest BCUT2D eigenvalue weighted by Gasteiger charge is -2.15. The topological polar surface area (TPSA) is 125 Å². The van der Waals surface area contributed by atoms with Gasteiger partial charge in [0.25, 0.3) is 5.91 Å². The van der Waals surface area contributed by atoms with E-state index in [2.05, 4.69) is 5.32 Å². The second-order valence-corrected chi connectivity index (χ2v) is 8.32. The average Bonchev–Trinajstić information content (AvgIpc) is 2.62. The highest BCUT2D eigenvalue weighted by Crippen LogP contribution is 2.23. The van der Waals surface area contributed by atoms with E-state index in [1.807, 2.05) is 0 Å². The molecule has 0 heterocycles. The van der Waals surface area contributed by atoms with Gasteiger partial charge in [0.2, 0.25) is 10.0 Å². The molecule has 2 rings (SSSR count). The average molecular weight is 441 g/mol. The van der Waals surface area contributed by atoms with Gasteiger partial charge in [0.05, 0.1) is 4.90 Å². The Morgan fingerprint density at radius 3 is 2.45 bits per heavy atom. The minimum Gasteiger partial charge on any atom is -0.479 e. The molecular formula is C19H21ClN2O6S. The fraction of sp³-hybridized carbons (Fsp3) is 0.263. The van der Waals surface area contributed by atoms with Crippen LogP contribution in [-0.4, -0.2) is 33.0 Å². The molecule has 3 N–H and O–H groups in total. The van der Waals surface area contributed by atoms with E-state index in [1.54, 1.807) is 32.0 Å². The van der Waals surface area contributed by atoms with Crippen molar-refractivity contribution in [2.24, 2.45) is 5.14 Å². The van der Waals surface area contributed by atoms with Gasteiger partial charge in [0, 0.05) is 10.7 Å². The van der Waals surface area contributed by atoms with E-state index in [0.717, 1.165) is 5.56 Å². The van der Waals surface area contributed by atoms with Crippen LogP contribution in [0.15, 0.2) is 41.3 Å². The third-order valence-electron chi connectivity index (χ3n) is 3.90. The Balaban J connectivity index is 1.92. The van der Waals surface area contributed by atoms with Crippen molar-refractivity contribution in [2.75, 3.05) is 11.9 Å². The van der Waals surface area contributed by atoms with Gasteiger partial charge in [-0.3, -0.25) is 4.79 Å². The molecule has 0 saturated carbocycles. The third-order valence-corrected chi connectivity index (χ3v) is 5.18. The molecule has 1 amide bonds. The molecule has 2 aromatic rings. The number of sulfonamides is 1. The number of halogens is 1. The maximum absolute atomic E-state index is 12.1. The molecule has 10 heteroatoms. The largest absolute Gasteiger partial charge is 0.479 e. The summed E-state index contributed by atoms with van der Waals surface area (Å²) in [7, 11) is -3.93. The highest BCUT2D eigenvalue weighted by atomic mass is 35.5. The quantitative estimate of drug-likeness (QED) is 0.637. The van der Waals surface area contributed by atoms with Crippen LogP contribution in [0.2, 0.25) is 5.02 Å². The van der Waals surface area contributed by atoms with Crippen molar-refractivity contribution in [2.45, 2.75) is 31.8 Å². The number of ether oxygens (including phenoxy) is 2. The summed E-state index contributed by atoms with van der Waals surface area (Å²) in [6.07, 6.45) is -0.948. The van der Waals surface area contributed by atoms with Gasteiger partial charge >= 0.3 is 5.97 Å². The molecule has 8 nitrogen and oxygen atoms in total. The van der Waals surface area contributed by atoms with Crippen molar-refractivity contribution in [1.82, 2.24) is 0 Å². The SMILES string of the molecule is Cc1cc(Cl)ccc1OC(C)C(=O)OCC(=O)Nc1ccc(C)c(S(N)(=O)=O)c1. The minimum absolute atomic E-state index is 0.104. The molecule has 0 aliphatic rings. The van der Waals surface area contributed by atoms with Crippen molar-refractivity contribution in [1.29, 1.82) is 0 Å². The van der Waals surface area contributed by atoms with E-state index in [1.165, 1.54) is 25.1 Å². The zero-order valence-corrected chi connectivity index (χ0v) is 17.6. The van der Waals surface area contributed by atoms with Gasteiger partial charge in [-0.15, -0.1) is 0 Å². The number of nitrogens with one attached hydrogen (secondary N) is 1. The molecule has 1 atom stereocenters. The molecule has 0 aliphatic carbocycles. The van der Waals surface area contributed by atoms with E-state index in [9.17, 15) is 18.0 Å². The first-order chi connectivity index (χ1) is 13.5. The maximum atomic E-state index is 12.1. The predicted octanol–water partition coefficient (Wildman–Crippen LogP) is 2.55. The number of anilines is 1. The van der Waals surface area contributed by atoms with Gasteiger partial charge in [-0.1, -0.05) is 17.7 Å². The number of esters is 1. The third kappa shape index (κ3) is 6.45. The van der Waals surface area contributed by atoms with Crippen LogP contribution in [0.3, 0.4) is 0 Å². The Bertz CT molecular complexity index is 1040. The highest BCUT2D eigenvalue weighted by Gasteiger charge is 2.19. The van der Waals surface area contributed by atoms with Gasteiger partial charge in [0.1, 0.15) is 5.75 Å². The van der Waals surface area contributed by atoms with Crippen LogP contribution in [0.4, 0.5) is 5.69 Å². The number of hydrogen-bond acceptors (Lipinski definition) is 6. The lowest BCUT2D eigenvalue weighted by molar-refractivity contribution is -0.153. The molecular weight excluding hydrogens is 420 g/mol. The molecule has 29 heavy (non-hydrogen) atoms. The summed E-state index contributed by atoms with van der Waals surface area (Å²) in [5.74, 6) is -0.903. The Morgan fingerprint density at radius 1 is 1.14 bits per heavy atom. The second kappa shape index (κ2) is 9.25. The Hall–Kier alpha value is -2.62. The van der Waals surface area contributed by atoms with Gasteiger partial charge in [-0.25, -0.2) is 18.4 Å². The first-order valence-corrected chi connectivity index (χ1v) is 10.4. The number of hydrogen-bond donors (Lipinski definition) is 2. The summed E-state index contributed by atoms with van der Waals surface area (Å²) in [4.78, 5) is 24.0. The van der Waals surface area contributed by atoms with E-state index < -0.39 is 34.6 Å². The first kappa shape index (κ1) is 22.7. The van der Waals surface area contributed by atoms with Crippen molar-refractivity contribution in [3.8, 4) is 5.75 Å². The van der Waals surface area contributed by atoms with Crippen LogP contribution < -0.4 is 15.2 Å². The summed E-state index contributed by atoms with van der Waals surface area (Å²) in [5.41, 5.74) is 1.40. The van der Waals surface area contributed by atoms with E-state index in [-0.39, 0.29) is 10.6 Å². The van der Waals surface area contributed by atoms with Crippen molar-refractivity contribution in [3.05, 3.63) is 52.5 Å². The molecule has 0 fully saturated rings. The normalized spacial score (nSPS) is 12.2. The highest BCUT2D eigenvalue weighted by molar-refractivity contribution is 7.89. The molecule has 0 aliphatic heterocycles. The standard InChI is InChI=1S/C19H21ClN2O6S/c1-11-4-6-15(9-17(11)29(21,25)26)22-18(23)10-27-19(24)13(3)28-16-7-5-14(20)8-12(16)2/h4-9,13H,10H2,1-3H3,(H,22,23)(H2,21,25,26). The fourth-order valence-corrected chi connectivity index (χ4v) is 3.45. The summed E-state index contributed by atoms with van der Waals surface area (Å²) in [6.45, 7) is 4.29. The fourth-order valence-electron chi connectivity index (χ4n) is 2.42. The van der Waals surface area contributed by atoms with E-state index in [0.29, 0.717) is 16.3 Å². The molecule has 156 valence electrons. The number of primary sulfonamides is 1. The van der Waals surface area contributed by atoms with Gasteiger partial charge in [-0.05, 0) is 62.2 Å². The van der Waals surface area contributed by atoms with Crippen LogP contribution in [-0.2, 0) is 24.3 Å². The van der Waals surface area contributed by atoms with Crippen molar-refractivity contribution < 1.29 is 27.5 Å². The summed E-state index contributed by atoms with van der Waals surface area (Å²) < 4.78 is 33.6. The molecule has 0 aromatic heterocycles. The van der Waals surface area contributed by atoms with Crippen LogP contribution in [0.5, 0.6) is 5.75 Å². The van der Waals surface area contributed by atoms with E-state index >= 15 is 0 Å². The monoisotopic (exact) mass is 440 g/mol. The van der Waals surface area contributed by atoms with Crippen LogP contribution in [0, 0.1) is 13.8 Å². The smallest absolute Gasteiger partial charge is 0.347 e. The van der Waals surface area contributed by atoms with Crippen LogP contribution >= 0.6 is 11.6 Å². The number of carbonyl (C=O) groups is 2. The predicted molar refractivity (Wildman–Crippen MR) is 108 cm³/mol. The lowest BCUT2D eigenvalue weighted by atomic mass is 10.2. The Kier molecular flexibility index (Phi) is 7.23. The molecule has 1 unspecified atom stereocenters. The van der Waals surface area contributed by atoms with Gasteiger partial charge in [0.15, 0.2) is 12.7 Å². The first-order valence-electron chi connectivity index (χ1n) is 8.50. The van der Waals surface area contributed by atoms with E-state index in [4.69, 9.17) is 26.2 Å². The zero-order chi connectivity index (χ0) is 21.8. The molecule has 0 saturated heterocycles.